The van der Waals surface area contributed by atoms with Gasteiger partial charge in [-0.1, -0.05) is 29.5 Å². The van der Waals surface area contributed by atoms with Gasteiger partial charge in [-0.05, 0) is 44.2 Å². The molecule has 0 aliphatic carbocycles. The third kappa shape index (κ3) is 4.60. The van der Waals surface area contributed by atoms with Crippen LogP contribution in [-0.2, 0) is 25.8 Å². The number of carbonyl (C=O) groups excluding carboxylic acids is 3. The summed E-state index contributed by atoms with van der Waals surface area (Å²) in [6.45, 7) is 8.74. The van der Waals surface area contributed by atoms with E-state index in [-0.39, 0.29) is 37.5 Å². The Morgan fingerprint density at radius 3 is 2.70 bits per heavy atom. The average Bonchev–Trinajstić information content (AvgIpc) is 3.70. The number of hydrogen-bond donors (Lipinski definition) is 1. The third-order valence-corrected chi connectivity index (χ3v) is 8.54. The van der Waals surface area contributed by atoms with E-state index in [9.17, 15) is 19.5 Å². The molecule has 3 aliphatic rings. The Kier molecular flexibility index (Phi) is 8.04. The Balaban J connectivity index is 1.49. The summed E-state index contributed by atoms with van der Waals surface area (Å²) in [4.78, 5) is 46.9. The SMILES string of the molecule is C=CCN(C)C(=O)[C@@H]1[C@@H]2CCC3(O2)C(C(=O)N(CC=C)Cn2nnc4ccccc42)N(CCCCCO)C(=O)[C@H]13. The van der Waals surface area contributed by atoms with E-state index in [1.807, 2.05) is 24.3 Å². The standard InChI is InChI=1S/C29H38N6O5/c1-4-15-32(3)26(37)23-22-13-14-29(40-22)24(23)27(38)34(17-9-6-10-18-36)25(29)28(39)33(16-5-2)19-35-21-12-8-7-11-20(21)30-31-35/h4-5,7-8,11-12,22-25,36H,1-2,6,9-10,13-19H2,3H3/t22-,23+,24-,25?,29?/m0/s1. The molecule has 0 saturated carbocycles. The highest BCUT2D eigenvalue weighted by Gasteiger charge is 2.74. The number of aromatic nitrogens is 3. The number of hydrogen-bond acceptors (Lipinski definition) is 7. The molecule has 2 unspecified atom stereocenters. The second-order valence-electron chi connectivity index (χ2n) is 10.9. The second-order valence-corrected chi connectivity index (χ2v) is 10.9. The van der Waals surface area contributed by atoms with Gasteiger partial charge in [-0.25, -0.2) is 4.68 Å². The molecule has 1 N–H and O–H groups in total. The number of carbonyl (C=O) groups is 3. The zero-order valence-corrected chi connectivity index (χ0v) is 23.0. The van der Waals surface area contributed by atoms with Crippen LogP contribution in [0.5, 0.6) is 0 Å². The maximum absolute atomic E-state index is 14.5. The average molecular weight is 551 g/mol. The van der Waals surface area contributed by atoms with Crippen molar-refractivity contribution in [1.29, 1.82) is 0 Å². The molecule has 0 radical (unpaired) electrons. The van der Waals surface area contributed by atoms with Crippen molar-refractivity contribution in [2.45, 2.75) is 56.5 Å². The van der Waals surface area contributed by atoms with E-state index in [1.54, 1.807) is 38.6 Å². The summed E-state index contributed by atoms with van der Waals surface area (Å²) >= 11 is 0. The van der Waals surface area contributed by atoms with Gasteiger partial charge in [0.1, 0.15) is 23.8 Å². The molecule has 1 spiro atoms. The van der Waals surface area contributed by atoms with Crippen LogP contribution in [0.4, 0.5) is 0 Å². The number of unbranched alkanes of at least 4 members (excludes halogenated alkanes) is 2. The first kappa shape index (κ1) is 28.0. The minimum Gasteiger partial charge on any atom is -0.396 e. The quantitative estimate of drug-likeness (QED) is 0.297. The molecule has 1 aromatic heterocycles. The van der Waals surface area contributed by atoms with Gasteiger partial charge in [-0.15, -0.1) is 18.3 Å². The predicted octanol–water partition coefficient (Wildman–Crippen LogP) is 1.59. The van der Waals surface area contributed by atoms with Gasteiger partial charge >= 0.3 is 0 Å². The Labute approximate surface area is 234 Å². The third-order valence-electron chi connectivity index (χ3n) is 8.54. The van der Waals surface area contributed by atoms with Gasteiger partial charge in [0.2, 0.25) is 17.7 Å². The molecule has 2 bridgehead atoms. The molecule has 5 rings (SSSR count). The van der Waals surface area contributed by atoms with Crippen LogP contribution in [0.1, 0.15) is 32.1 Å². The zero-order chi connectivity index (χ0) is 28.4. The second kappa shape index (κ2) is 11.5. The number of aliphatic hydroxyl groups excluding tert-OH is 1. The first-order chi connectivity index (χ1) is 19.4. The van der Waals surface area contributed by atoms with Gasteiger partial charge in [0.05, 0.1) is 23.5 Å². The zero-order valence-electron chi connectivity index (χ0n) is 23.0. The summed E-state index contributed by atoms with van der Waals surface area (Å²) in [5.74, 6) is -1.99. The minimum absolute atomic E-state index is 0.0683. The first-order valence-electron chi connectivity index (χ1n) is 14.0. The lowest BCUT2D eigenvalue weighted by molar-refractivity contribution is -0.149. The number of amides is 3. The van der Waals surface area contributed by atoms with E-state index in [1.165, 1.54) is 0 Å². The molecule has 40 heavy (non-hydrogen) atoms. The van der Waals surface area contributed by atoms with Crippen molar-refractivity contribution in [2.24, 2.45) is 11.8 Å². The fourth-order valence-electron chi connectivity index (χ4n) is 6.79. The molecule has 11 heteroatoms. The van der Waals surface area contributed by atoms with Crippen LogP contribution < -0.4 is 0 Å². The normalized spacial score (nSPS) is 26.8. The van der Waals surface area contributed by atoms with E-state index in [4.69, 9.17) is 4.74 Å². The van der Waals surface area contributed by atoms with Gasteiger partial charge < -0.3 is 24.5 Å². The topological polar surface area (TPSA) is 121 Å². The highest BCUT2D eigenvalue weighted by atomic mass is 16.5. The number of benzene rings is 1. The Hall–Kier alpha value is -3.57. The van der Waals surface area contributed by atoms with Crippen LogP contribution in [0.2, 0.25) is 0 Å². The summed E-state index contributed by atoms with van der Waals surface area (Å²) in [5, 5.41) is 17.7. The number of fused-ring (bicyclic) bond motifs is 2. The van der Waals surface area contributed by atoms with Crippen LogP contribution in [0.15, 0.2) is 49.6 Å². The molecule has 11 nitrogen and oxygen atoms in total. The monoisotopic (exact) mass is 550 g/mol. The highest BCUT2D eigenvalue weighted by molar-refractivity contribution is 5.99. The fraction of sp³-hybridized carbons (Fsp3) is 0.552. The van der Waals surface area contributed by atoms with Crippen molar-refractivity contribution >= 4 is 28.8 Å². The molecule has 3 aliphatic heterocycles. The molecule has 3 amide bonds. The molecular formula is C29H38N6O5. The minimum atomic E-state index is -1.07. The molecule has 3 saturated heterocycles. The molecule has 3 fully saturated rings. The van der Waals surface area contributed by atoms with Crippen molar-refractivity contribution in [2.75, 3.05) is 33.3 Å². The number of rotatable bonds is 13. The summed E-state index contributed by atoms with van der Waals surface area (Å²) in [5.41, 5.74) is 0.434. The lowest BCUT2D eigenvalue weighted by Gasteiger charge is -2.36. The number of likely N-dealkylation sites (N-methyl/N-ethyl adjacent to an activating group) is 1. The lowest BCUT2D eigenvalue weighted by atomic mass is 9.70. The number of nitrogens with zero attached hydrogens (tertiary/aromatic N) is 6. The van der Waals surface area contributed by atoms with Gasteiger partial charge in [0.25, 0.3) is 0 Å². The summed E-state index contributed by atoms with van der Waals surface area (Å²) in [7, 11) is 1.70. The number of likely N-dealkylation sites (tertiary alicyclic amines) is 1. The molecule has 5 atom stereocenters. The maximum Gasteiger partial charge on any atom is 0.250 e. The number of ether oxygens (including phenoxy) is 1. The first-order valence-corrected chi connectivity index (χ1v) is 14.0. The van der Waals surface area contributed by atoms with Crippen LogP contribution in [-0.4, -0.2) is 104 Å². The van der Waals surface area contributed by atoms with Crippen molar-refractivity contribution in [1.82, 2.24) is 29.7 Å². The van der Waals surface area contributed by atoms with Crippen molar-refractivity contribution in [3.63, 3.8) is 0 Å². The molecule has 1 aromatic carbocycles. The van der Waals surface area contributed by atoms with Gasteiger partial charge in [-0.3, -0.25) is 14.4 Å². The largest absolute Gasteiger partial charge is 0.396 e. The lowest BCUT2D eigenvalue weighted by Crippen LogP contribution is -2.56. The maximum atomic E-state index is 14.5. The van der Waals surface area contributed by atoms with Gasteiger partial charge in [0, 0.05) is 33.3 Å². The van der Waals surface area contributed by atoms with Crippen LogP contribution in [0.25, 0.3) is 11.0 Å². The van der Waals surface area contributed by atoms with E-state index >= 15 is 0 Å². The molecule has 214 valence electrons. The molecule has 2 aromatic rings. The summed E-state index contributed by atoms with van der Waals surface area (Å²) in [6.07, 6.45) is 5.99. The fourth-order valence-corrected chi connectivity index (χ4v) is 6.79. The van der Waals surface area contributed by atoms with Crippen molar-refractivity contribution in [3.05, 3.63) is 49.6 Å². The van der Waals surface area contributed by atoms with Crippen LogP contribution in [0.3, 0.4) is 0 Å². The number of para-hydroxylation sites is 1. The highest BCUT2D eigenvalue weighted by Crippen LogP contribution is 2.59. The Morgan fingerprint density at radius 2 is 1.95 bits per heavy atom. The molecular weight excluding hydrogens is 512 g/mol. The Morgan fingerprint density at radius 1 is 1.18 bits per heavy atom. The van der Waals surface area contributed by atoms with E-state index in [2.05, 4.69) is 23.5 Å². The van der Waals surface area contributed by atoms with Crippen LogP contribution in [0, 0.1) is 11.8 Å². The van der Waals surface area contributed by atoms with Crippen molar-refractivity contribution < 1.29 is 24.2 Å². The summed E-state index contributed by atoms with van der Waals surface area (Å²) in [6, 6.07) is 6.65. The smallest absolute Gasteiger partial charge is 0.250 e. The van der Waals surface area contributed by atoms with Crippen molar-refractivity contribution in [3.8, 4) is 0 Å². The molecule has 4 heterocycles. The van der Waals surface area contributed by atoms with Gasteiger partial charge in [0.15, 0.2) is 0 Å². The Bertz CT molecular complexity index is 1290. The van der Waals surface area contributed by atoms with E-state index in [0.717, 1.165) is 11.0 Å². The summed E-state index contributed by atoms with van der Waals surface area (Å²) < 4.78 is 8.22. The number of aliphatic hydroxyl groups is 1. The van der Waals surface area contributed by atoms with E-state index in [0.29, 0.717) is 45.2 Å². The van der Waals surface area contributed by atoms with Gasteiger partial charge in [-0.2, -0.15) is 0 Å². The predicted molar refractivity (Wildman–Crippen MR) is 148 cm³/mol. The van der Waals surface area contributed by atoms with Crippen LogP contribution >= 0.6 is 0 Å². The van der Waals surface area contributed by atoms with E-state index < -0.39 is 29.6 Å².